The lowest BCUT2D eigenvalue weighted by atomic mass is 9.97. The zero-order chi connectivity index (χ0) is 28.6. The van der Waals surface area contributed by atoms with Crippen LogP contribution in [0, 0.1) is 0 Å². The molecule has 2 amide bonds. The number of carboxylic acid groups (broad SMARTS) is 1. The number of rotatable bonds is 11. The lowest BCUT2D eigenvalue weighted by Gasteiger charge is -2.19. The molecule has 0 saturated carbocycles. The van der Waals surface area contributed by atoms with Crippen molar-refractivity contribution in [3.8, 4) is 22.4 Å². The monoisotopic (exact) mass is 538 g/mol. The molecular weight excluding hydrogens is 504 g/mol. The van der Waals surface area contributed by atoms with Crippen molar-refractivity contribution in [1.82, 2.24) is 4.57 Å². The molecule has 0 fully saturated rings. The van der Waals surface area contributed by atoms with E-state index in [4.69, 9.17) is 5.73 Å². The normalized spacial score (nSPS) is 10.9. The lowest BCUT2D eigenvalue weighted by molar-refractivity contribution is -0.116. The van der Waals surface area contributed by atoms with Gasteiger partial charge in [0.1, 0.15) is 5.82 Å². The molecule has 40 heavy (non-hydrogen) atoms. The van der Waals surface area contributed by atoms with E-state index in [9.17, 15) is 19.5 Å². The number of carbonyl (C=O) groups is 3. The first-order valence-electron chi connectivity index (χ1n) is 13.4. The summed E-state index contributed by atoms with van der Waals surface area (Å²) < 4.78 is 1.99. The number of nitrogens with zero attached hydrogens (tertiary/aromatic N) is 1. The number of hydrogen-bond acceptors (Lipinski definition) is 4. The van der Waals surface area contributed by atoms with Crippen molar-refractivity contribution in [3.05, 3.63) is 96.1 Å². The van der Waals surface area contributed by atoms with Gasteiger partial charge in [-0.05, 0) is 62.6 Å². The fourth-order valence-electron chi connectivity index (χ4n) is 4.76. The van der Waals surface area contributed by atoms with Gasteiger partial charge in [0, 0.05) is 23.7 Å². The fourth-order valence-corrected chi connectivity index (χ4v) is 4.76. The molecular formula is C32H34N4O4. The molecule has 1 aromatic heterocycles. The predicted octanol–water partition coefficient (Wildman–Crippen LogP) is 6.42. The number of aromatic nitrogens is 1. The summed E-state index contributed by atoms with van der Waals surface area (Å²) in [5.74, 6) is -1.38. The van der Waals surface area contributed by atoms with Crippen molar-refractivity contribution in [2.45, 2.75) is 39.2 Å². The summed E-state index contributed by atoms with van der Waals surface area (Å²) in [5.41, 5.74) is 9.48. The minimum Gasteiger partial charge on any atom is -0.478 e. The summed E-state index contributed by atoms with van der Waals surface area (Å²) in [4.78, 5) is 38.8. The second-order valence-electron chi connectivity index (χ2n) is 9.78. The molecule has 0 aliphatic rings. The van der Waals surface area contributed by atoms with E-state index >= 15 is 0 Å². The zero-order valence-corrected chi connectivity index (χ0v) is 22.7. The van der Waals surface area contributed by atoms with Crippen LogP contribution in [0.2, 0.25) is 0 Å². The highest BCUT2D eigenvalue weighted by molar-refractivity contribution is 6.17. The van der Waals surface area contributed by atoms with Gasteiger partial charge in [0.15, 0.2) is 0 Å². The number of hydrogen-bond donors (Lipinski definition) is 4. The molecule has 0 bridgehead atoms. The molecule has 3 aromatic carbocycles. The van der Waals surface area contributed by atoms with Crippen molar-refractivity contribution in [3.63, 3.8) is 0 Å². The van der Waals surface area contributed by atoms with Crippen LogP contribution < -0.4 is 16.4 Å². The van der Waals surface area contributed by atoms with Gasteiger partial charge in [-0.15, -0.1) is 0 Å². The average Bonchev–Trinajstić information content (AvgIpc) is 3.29. The van der Waals surface area contributed by atoms with Crippen molar-refractivity contribution in [2.24, 2.45) is 5.73 Å². The molecule has 206 valence electrons. The van der Waals surface area contributed by atoms with E-state index in [1.54, 1.807) is 12.1 Å². The molecule has 0 aliphatic heterocycles. The summed E-state index contributed by atoms with van der Waals surface area (Å²) in [6.45, 7) is 4.50. The van der Waals surface area contributed by atoms with Gasteiger partial charge >= 0.3 is 5.97 Å². The number of aromatic carboxylic acids is 1. The SMILES string of the molecule is CC(C)n1c(NC(=O)CCCCN)c(C(=O)Nc2cccc(C(=O)O)c2)c(-c2ccccc2)c1-c1ccccc1. The highest BCUT2D eigenvalue weighted by atomic mass is 16.4. The Morgan fingerprint density at radius 2 is 1.50 bits per heavy atom. The Hall–Kier alpha value is -4.69. The summed E-state index contributed by atoms with van der Waals surface area (Å²) in [6, 6.07) is 25.3. The van der Waals surface area contributed by atoms with E-state index in [1.807, 2.05) is 79.1 Å². The topological polar surface area (TPSA) is 126 Å². The van der Waals surface area contributed by atoms with Gasteiger partial charge in [-0.3, -0.25) is 9.59 Å². The molecule has 0 aliphatic carbocycles. The Labute approximate surface area is 233 Å². The first kappa shape index (κ1) is 28.3. The largest absolute Gasteiger partial charge is 0.478 e. The molecule has 0 saturated heterocycles. The highest BCUT2D eigenvalue weighted by Gasteiger charge is 2.31. The van der Waals surface area contributed by atoms with E-state index in [-0.39, 0.29) is 23.9 Å². The predicted molar refractivity (Wildman–Crippen MR) is 159 cm³/mol. The van der Waals surface area contributed by atoms with E-state index in [0.29, 0.717) is 35.6 Å². The number of carbonyl (C=O) groups excluding carboxylic acids is 2. The Balaban J connectivity index is 1.96. The molecule has 0 spiro atoms. The zero-order valence-electron chi connectivity index (χ0n) is 22.7. The Bertz CT molecular complexity index is 1490. The Morgan fingerprint density at radius 3 is 2.10 bits per heavy atom. The van der Waals surface area contributed by atoms with E-state index in [1.165, 1.54) is 12.1 Å². The third kappa shape index (κ3) is 6.30. The maximum atomic E-state index is 14.1. The minimum atomic E-state index is -1.09. The molecule has 8 heteroatoms. The maximum absolute atomic E-state index is 14.1. The summed E-state index contributed by atoms with van der Waals surface area (Å²) in [7, 11) is 0. The third-order valence-electron chi connectivity index (χ3n) is 6.54. The Morgan fingerprint density at radius 1 is 0.850 bits per heavy atom. The lowest BCUT2D eigenvalue weighted by Crippen LogP contribution is -2.21. The third-order valence-corrected chi connectivity index (χ3v) is 6.54. The average molecular weight is 539 g/mol. The van der Waals surface area contributed by atoms with Gasteiger partial charge < -0.3 is 26.0 Å². The van der Waals surface area contributed by atoms with E-state index in [2.05, 4.69) is 10.6 Å². The molecule has 0 atom stereocenters. The van der Waals surface area contributed by atoms with Gasteiger partial charge in [-0.25, -0.2) is 4.79 Å². The molecule has 1 heterocycles. The van der Waals surface area contributed by atoms with Gasteiger partial charge in [0.25, 0.3) is 5.91 Å². The number of nitrogens with two attached hydrogens (primary N) is 1. The van der Waals surface area contributed by atoms with Crippen molar-refractivity contribution < 1.29 is 19.5 Å². The van der Waals surface area contributed by atoms with Gasteiger partial charge in [-0.2, -0.15) is 0 Å². The summed E-state index contributed by atoms with van der Waals surface area (Å²) >= 11 is 0. The Kier molecular flexibility index (Phi) is 9.14. The van der Waals surface area contributed by atoms with Crippen LogP contribution in [0.1, 0.15) is 59.9 Å². The van der Waals surface area contributed by atoms with E-state index in [0.717, 1.165) is 23.2 Å². The first-order valence-corrected chi connectivity index (χ1v) is 13.4. The van der Waals surface area contributed by atoms with Crippen molar-refractivity contribution >= 4 is 29.3 Å². The quantitative estimate of drug-likeness (QED) is 0.164. The van der Waals surface area contributed by atoms with Crippen LogP contribution in [0.25, 0.3) is 22.4 Å². The summed E-state index contributed by atoms with van der Waals surface area (Å²) in [5, 5.41) is 15.4. The molecule has 5 N–H and O–H groups in total. The number of unbranched alkanes of at least 4 members (excludes halogenated alkanes) is 1. The number of benzene rings is 3. The van der Waals surface area contributed by atoms with Crippen LogP contribution in [0.4, 0.5) is 11.5 Å². The fraction of sp³-hybridized carbons (Fsp3) is 0.219. The molecule has 0 radical (unpaired) electrons. The molecule has 0 unspecified atom stereocenters. The van der Waals surface area contributed by atoms with Crippen molar-refractivity contribution in [1.29, 1.82) is 0 Å². The summed E-state index contributed by atoms with van der Waals surface area (Å²) in [6.07, 6.45) is 1.62. The van der Waals surface area contributed by atoms with Gasteiger partial charge in [-0.1, -0.05) is 66.7 Å². The van der Waals surface area contributed by atoms with Crippen LogP contribution in [0.3, 0.4) is 0 Å². The first-order chi connectivity index (χ1) is 19.3. The van der Waals surface area contributed by atoms with Gasteiger partial charge in [0.05, 0.1) is 16.8 Å². The number of amides is 2. The van der Waals surface area contributed by atoms with Crippen LogP contribution >= 0.6 is 0 Å². The van der Waals surface area contributed by atoms with Crippen LogP contribution in [0.5, 0.6) is 0 Å². The maximum Gasteiger partial charge on any atom is 0.335 e. The second kappa shape index (κ2) is 12.9. The number of nitrogens with one attached hydrogen (secondary N) is 2. The molecule has 8 nitrogen and oxygen atoms in total. The van der Waals surface area contributed by atoms with Crippen LogP contribution in [0.15, 0.2) is 84.9 Å². The molecule has 4 rings (SSSR count). The highest BCUT2D eigenvalue weighted by Crippen LogP contribution is 2.44. The standard InChI is InChI=1S/C32H34N4O4/c1-21(2)36-29(23-14-7-4-8-15-23)27(22-12-5-3-6-13-22)28(30(36)35-26(37)18-9-10-19-33)31(38)34-25-17-11-16-24(20-25)32(39)40/h3-8,11-17,20-21H,9-10,18-19,33H2,1-2H3,(H,34,38)(H,35,37)(H,39,40). The number of anilines is 2. The molecule has 4 aromatic rings. The minimum absolute atomic E-state index is 0.0548. The van der Waals surface area contributed by atoms with E-state index < -0.39 is 11.9 Å². The second-order valence-corrected chi connectivity index (χ2v) is 9.78. The number of carboxylic acids is 1. The van der Waals surface area contributed by atoms with Crippen LogP contribution in [-0.4, -0.2) is 34.0 Å². The van der Waals surface area contributed by atoms with Crippen LogP contribution in [-0.2, 0) is 4.79 Å². The van der Waals surface area contributed by atoms with Gasteiger partial charge in [0.2, 0.25) is 5.91 Å². The smallest absolute Gasteiger partial charge is 0.335 e. The van der Waals surface area contributed by atoms with Crippen molar-refractivity contribution in [2.75, 3.05) is 17.2 Å².